The lowest BCUT2D eigenvalue weighted by Gasteiger charge is -2.16. The number of aromatic amines is 1. The fourth-order valence-corrected chi connectivity index (χ4v) is 4.41. The minimum atomic E-state index is -5.02. The Kier molecular flexibility index (Phi) is 8.38. The van der Waals surface area contributed by atoms with Gasteiger partial charge in [0.1, 0.15) is 33.9 Å². The van der Waals surface area contributed by atoms with Crippen LogP contribution in [-0.4, -0.2) is 33.7 Å². The van der Waals surface area contributed by atoms with E-state index in [2.05, 4.69) is 20.6 Å². The number of imidazole rings is 1. The number of benzene rings is 2. The summed E-state index contributed by atoms with van der Waals surface area (Å²) in [6.45, 7) is 1.48. The maximum atomic E-state index is 14.4. The average Bonchev–Trinajstić information content (AvgIpc) is 3.23. The molecule has 40 heavy (non-hydrogen) atoms. The highest BCUT2D eigenvalue weighted by Gasteiger charge is 2.38. The molecule has 1 atom stereocenters. The lowest BCUT2D eigenvalue weighted by Crippen LogP contribution is -2.30. The highest BCUT2D eigenvalue weighted by atomic mass is 35.5. The normalized spacial score (nSPS) is 16.6. The fourth-order valence-electron chi connectivity index (χ4n) is 4.17. The molecule has 2 amide bonds. The second-order valence-electron chi connectivity index (χ2n) is 9.19. The van der Waals surface area contributed by atoms with E-state index in [9.17, 15) is 36.3 Å². The van der Waals surface area contributed by atoms with Crippen LogP contribution in [0, 0.1) is 18.6 Å². The molecule has 3 aromatic rings. The fraction of sp³-hybridized carbons (Fsp3) is 0.259. The van der Waals surface area contributed by atoms with E-state index >= 15 is 0 Å². The topological polar surface area (TPSA) is 104 Å². The number of amides is 2. The highest BCUT2D eigenvalue weighted by molar-refractivity contribution is 6.32. The third kappa shape index (κ3) is 6.56. The van der Waals surface area contributed by atoms with Crippen LogP contribution in [-0.2, 0) is 16.0 Å². The van der Waals surface area contributed by atoms with Crippen molar-refractivity contribution in [2.24, 2.45) is 0 Å². The van der Waals surface area contributed by atoms with E-state index in [0.29, 0.717) is 5.56 Å². The second kappa shape index (κ2) is 11.6. The van der Waals surface area contributed by atoms with E-state index in [0.717, 1.165) is 12.1 Å². The molecule has 0 aliphatic carbocycles. The number of hydrogen-bond donors (Lipinski definition) is 3. The number of carbonyl (C=O) groups is 3. The number of carbonyl (C=O) groups excluding carboxylic acids is 3. The molecule has 0 unspecified atom stereocenters. The Labute approximate surface area is 229 Å². The smallest absolute Gasteiger partial charge is 0.342 e. The summed E-state index contributed by atoms with van der Waals surface area (Å²) in [6.07, 6.45) is -2.23. The number of fused-ring (bicyclic) bond motifs is 4. The summed E-state index contributed by atoms with van der Waals surface area (Å²) in [6, 6.07) is 5.01. The first-order valence-corrected chi connectivity index (χ1v) is 12.4. The zero-order valence-corrected chi connectivity index (χ0v) is 21.6. The van der Waals surface area contributed by atoms with E-state index in [-0.39, 0.29) is 52.7 Å². The van der Waals surface area contributed by atoms with Crippen LogP contribution in [0.15, 0.2) is 42.5 Å². The zero-order valence-electron chi connectivity index (χ0n) is 20.9. The summed E-state index contributed by atoms with van der Waals surface area (Å²) in [5.41, 5.74) is -0.0641. The molecule has 0 saturated heterocycles. The van der Waals surface area contributed by atoms with Crippen molar-refractivity contribution >= 4 is 34.9 Å². The van der Waals surface area contributed by atoms with Crippen molar-refractivity contribution in [3.05, 3.63) is 81.8 Å². The van der Waals surface area contributed by atoms with Crippen molar-refractivity contribution in [1.29, 1.82) is 0 Å². The Morgan fingerprint density at radius 1 is 1.12 bits per heavy atom. The molecule has 0 radical (unpaired) electrons. The summed E-state index contributed by atoms with van der Waals surface area (Å²) < 4.78 is 67.3. The van der Waals surface area contributed by atoms with Crippen molar-refractivity contribution in [3.63, 3.8) is 0 Å². The van der Waals surface area contributed by atoms with Gasteiger partial charge in [0.05, 0.1) is 11.7 Å². The van der Waals surface area contributed by atoms with Crippen molar-refractivity contribution in [1.82, 2.24) is 15.3 Å². The van der Waals surface area contributed by atoms with E-state index in [1.807, 2.05) is 0 Å². The van der Waals surface area contributed by atoms with Crippen molar-refractivity contribution in [3.8, 4) is 11.3 Å². The van der Waals surface area contributed by atoms with Gasteiger partial charge in [-0.15, -0.1) is 0 Å². The molecule has 1 aromatic heterocycles. The quantitative estimate of drug-likeness (QED) is 0.255. The van der Waals surface area contributed by atoms with Crippen molar-refractivity contribution < 1.29 is 36.3 Å². The van der Waals surface area contributed by atoms with Gasteiger partial charge in [0, 0.05) is 18.4 Å². The van der Waals surface area contributed by atoms with Gasteiger partial charge in [0.15, 0.2) is 0 Å². The molecule has 210 valence electrons. The van der Waals surface area contributed by atoms with Gasteiger partial charge in [0.2, 0.25) is 11.7 Å². The number of nitrogens with zero attached hydrogens (tertiary/aromatic N) is 1. The van der Waals surface area contributed by atoms with Gasteiger partial charge < -0.3 is 15.6 Å². The number of allylic oxidation sites excluding steroid dienone is 1. The van der Waals surface area contributed by atoms with Crippen LogP contribution >= 0.6 is 11.6 Å². The number of alkyl halides is 3. The highest BCUT2D eigenvalue weighted by Crippen LogP contribution is 2.35. The molecule has 13 heteroatoms. The number of H-pyrrole nitrogens is 1. The summed E-state index contributed by atoms with van der Waals surface area (Å²) >= 11 is 6.40. The molecule has 0 spiro atoms. The monoisotopic (exact) mass is 580 g/mol. The van der Waals surface area contributed by atoms with E-state index < -0.39 is 53.4 Å². The van der Waals surface area contributed by atoms with Crippen LogP contribution in [0.1, 0.15) is 52.6 Å². The minimum Gasteiger partial charge on any atom is -0.342 e. The number of rotatable bonds is 4. The Bertz CT molecular complexity index is 1490. The van der Waals surface area contributed by atoms with Crippen LogP contribution < -0.4 is 10.6 Å². The van der Waals surface area contributed by atoms with Gasteiger partial charge in [-0.3, -0.25) is 14.4 Å². The molecule has 2 aromatic carbocycles. The number of anilines is 1. The Morgan fingerprint density at radius 3 is 2.50 bits per heavy atom. The number of aryl methyl sites for hydroxylation is 1. The third-order valence-electron chi connectivity index (χ3n) is 6.10. The Hall–Kier alpha value is -4.06. The number of aromatic nitrogens is 2. The average molecular weight is 581 g/mol. The van der Waals surface area contributed by atoms with Crippen LogP contribution in [0.5, 0.6) is 0 Å². The van der Waals surface area contributed by atoms with Gasteiger partial charge in [0.25, 0.3) is 5.91 Å². The van der Waals surface area contributed by atoms with Gasteiger partial charge in [-0.1, -0.05) is 35.9 Å². The predicted molar refractivity (Wildman–Crippen MR) is 137 cm³/mol. The molecule has 4 rings (SSSR count). The molecule has 0 fully saturated rings. The lowest BCUT2D eigenvalue weighted by molar-refractivity contribution is -0.170. The molecular weight excluding hydrogens is 559 g/mol. The number of hydrogen-bond acceptors (Lipinski definition) is 4. The molecule has 3 N–H and O–H groups in total. The lowest BCUT2D eigenvalue weighted by atomic mass is 10.0. The van der Waals surface area contributed by atoms with Crippen LogP contribution in [0.2, 0.25) is 5.15 Å². The van der Waals surface area contributed by atoms with Gasteiger partial charge in [-0.25, -0.2) is 13.8 Å². The number of ketones is 1. The predicted octanol–water partition coefficient (Wildman–Crippen LogP) is 6.14. The number of nitrogens with one attached hydrogen (secondary N) is 3. The van der Waals surface area contributed by atoms with Crippen LogP contribution in [0.3, 0.4) is 0 Å². The van der Waals surface area contributed by atoms with E-state index in [1.165, 1.54) is 25.1 Å². The molecule has 2 bridgehead atoms. The van der Waals surface area contributed by atoms with Gasteiger partial charge >= 0.3 is 6.18 Å². The Morgan fingerprint density at radius 2 is 1.82 bits per heavy atom. The largest absolute Gasteiger partial charge is 0.450 e. The summed E-state index contributed by atoms with van der Waals surface area (Å²) in [7, 11) is 0. The molecule has 0 saturated carbocycles. The molecule has 7 nitrogen and oxygen atoms in total. The first-order chi connectivity index (χ1) is 18.8. The SMILES string of the molecule is Cc1cc(F)c(C(=O)N[C@H]2C/C=C/CCC(=O)Nc3cc(CC(=O)C(F)(F)F)ccc3-c3nc2[nH]c3Cl)c(F)c1. The van der Waals surface area contributed by atoms with Crippen LogP contribution in [0.25, 0.3) is 11.3 Å². The zero-order chi connectivity index (χ0) is 29.2. The molecule has 1 aliphatic heterocycles. The van der Waals surface area contributed by atoms with Gasteiger partial charge in [-0.05, 0) is 49.1 Å². The van der Waals surface area contributed by atoms with Crippen molar-refractivity contribution in [2.75, 3.05) is 5.32 Å². The number of halogens is 6. The maximum Gasteiger partial charge on any atom is 0.450 e. The Balaban J connectivity index is 1.73. The maximum absolute atomic E-state index is 14.4. The summed E-state index contributed by atoms with van der Waals surface area (Å²) in [5.74, 6) is -5.37. The molecular formula is C27H22ClF5N4O3. The standard InChI is InChI=1S/C27H22ClF5N4O3/c1-13-9-16(29)22(17(30)10-13)26(40)35-18-5-3-2-4-6-21(39)34-19-11-14(12-20(38)27(31,32)33)7-8-15(19)23-24(28)37-25(18)36-23/h2-3,7-11,18H,4-6,12H2,1H3,(H,34,39)(H,35,40)(H,36,37)/b3-2+/t18-/m0/s1. The molecule has 1 aliphatic rings. The number of Topliss-reactive ketones (excluding diaryl/α,β-unsaturated/α-hetero) is 1. The van der Waals surface area contributed by atoms with Crippen molar-refractivity contribution in [2.45, 2.75) is 44.8 Å². The van der Waals surface area contributed by atoms with E-state index in [1.54, 1.807) is 12.2 Å². The van der Waals surface area contributed by atoms with Crippen LogP contribution in [0.4, 0.5) is 27.6 Å². The minimum absolute atomic E-state index is 0.00441. The second-order valence-corrected chi connectivity index (χ2v) is 9.56. The molecule has 2 heterocycles. The first kappa shape index (κ1) is 28.9. The first-order valence-electron chi connectivity index (χ1n) is 12.0. The van der Waals surface area contributed by atoms with E-state index in [4.69, 9.17) is 11.6 Å². The summed E-state index contributed by atoms with van der Waals surface area (Å²) in [5, 5.41) is 5.15. The third-order valence-corrected chi connectivity index (χ3v) is 6.37. The van der Waals surface area contributed by atoms with Gasteiger partial charge in [-0.2, -0.15) is 13.2 Å². The summed E-state index contributed by atoms with van der Waals surface area (Å²) in [4.78, 5) is 44.2.